The summed E-state index contributed by atoms with van der Waals surface area (Å²) in [5.41, 5.74) is 7.16. The molecule has 0 N–H and O–H groups in total. The summed E-state index contributed by atoms with van der Waals surface area (Å²) in [6.07, 6.45) is 0. The highest BCUT2D eigenvalue weighted by molar-refractivity contribution is 5.83. The summed E-state index contributed by atoms with van der Waals surface area (Å²) in [7, 11) is 2.06. The van der Waals surface area contributed by atoms with Crippen LogP contribution in [0.25, 0.3) is 33.3 Å². The predicted octanol–water partition coefficient (Wildman–Crippen LogP) is 5.22. The van der Waals surface area contributed by atoms with Gasteiger partial charge in [0.25, 0.3) is 0 Å². The van der Waals surface area contributed by atoms with Gasteiger partial charge in [0.2, 0.25) is 0 Å². The highest BCUT2D eigenvalue weighted by atomic mass is 15.0. The first-order valence-electron chi connectivity index (χ1n) is 7.81. The van der Waals surface area contributed by atoms with Crippen LogP contribution in [-0.2, 0) is 7.05 Å². The number of benzene rings is 3. The molecule has 0 aliphatic heterocycles. The first-order chi connectivity index (χ1) is 11.2. The van der Waals surface area contributed by atoms with E-state index in [2.05, 4.69) is 83.3 Å². The molecule has 112 valence electrons. The minimum atomic E-state index is 1.04. The van der Waals surface area contributed by atoms with Crippen molar-refractivity contribution in [1.82, 2.24) is 9.55 Å². The summed E-state index contributed by atoms with van der Waals surface area (Å²) < 4.78 is 2.14. The number of rotatable bonds is 2. The van der Waals surface area contributed by atoms with Crippen molar-refractivity contribution in [2.24, 2.45) is 7.05 Å². The molecule has 0 aliphatic carbocycles. The van der Waals surface area contributed by atoms with E-state index in [0.29, 0.717) is 0 Å². The van der Waals surface area contributed by atoms with Crippen LogP contribution in [0.15, 0.2) is 72.8 Å². The number of nitrogens with zero attached hydrogens (tertiary/aromatic N) is 2. The van der Waals surface area contributed by atoms with Gasteiger partial charge in [0.05, 0.1) is 11.0 Å². The first kappa shape index (κ1) is 13.8. The molecule has 0 amide bonds. The second kappa shape index (κ2) is 5.40. The van der Waals surface area contributed by atoms with E-state index in [1.165, 1.54) is 27.8 Å². The Labute approximate surface area is 136 Å². The molecule has 2 nitrogen and oxygen atoms in total. The van der Waals surface area contributed by atoms with Gasteiger partial charge in [-0.3, -0.25) is 0 Å². The predicted molar refractivity (Wildman–Crippen MR) is 96.3 cm³/mol. The van der Waals surface area contributed by atoms with Crippen molar-refractivity contribution < 1.29 is 0 Å². The van der Waals surface area contributed by atoms with Gasteiger partial charge in [-0.1, -0.05) is 60.7 Å². The Morgan fingerprint density at radius 3 is 1.96 bits per heavy atom. The first-order valence-corrected chi connectivity index (χ1v) is 7.81. The van der Waals surface area contributed by atoms with Crippen molar-refractivity contribution in [3.05, 3.63) is 78.6 Å². The second-order valence-corrected chi connectivity index (χ2v) is 5.86. The molecule has 0 saturated carbocycles. The highest BCUT2D eigenvalue weighted by Gasteiger charge is 2.06. The molecular weight excluding hydrogens is 280 g/mol. The molecule has 23 heavy (non-hydrogen) atoms. The molecule has 1 aromatic heterocycles. The van der Waals surface area contributed by atoms with Gasteiger partial charge in [-0.2, -0.15) is 0 Å². The molecule has 0 aliphatic rings. The third-order valence-electron chi connectivity index (χ3n) is 4.43. The standard InChI is InChI=1S/C21H18N2/c1-15-22-20-13-12-19(14-21(20)23(15)2)18-10-8-17(9-11-18)16-6-4-3-5-7-16/h3-14H,1-2H3. The largest absolute Gasteiger partial charge is 0.331 e. The number of hydrogen-bond donors (Lipinski definition) is 0. The average molecular weight is 298 g/mol. The van der Waals surface area contributed by atoms with E-state index < -0.39 is 0 Å². The van der Waals surface area contributed by atoms with E-state index in [-0.39, 0.29) is 0 Å². The second-order valence-electron chi connectivity index (χ2n) is 5.86. The smallest absolute Gasteiger partial charge is 0.106 e. The number of imidazole rings is 1. The third kappa shape index (κ3) is 2.42. The molecule has 1 heterocycles. The van der Waals surface area contributed by atoms with Crippen molar-refractivity contribution in [2.75, 3.05) is 0 Å². The molecule has 0 atom stereocenters. The van der Waals surface area contributed by atoms with Gasteiger partial charge in [-0.05, 0) is 41.3 Å². The fourth-order valence-electron chi connectivity index (χ4n) is 2.98. The fourth-order valence-corrected chi connectivity index (χ4v) is 2.98. The van der Waals surface area contributed by atoms with E-state index in [0.717, 1.165) is 11.3 Å². The van der Waals surface area contributed by atoms with Crippen LogP contribution in [0.1, 0.15) is 5.82 Å². The van der Waals surface area contributed by atoms with Gasteiger partial charge in [-0.15, -0.1) is 0 Å². The minimum Gasteiger partial charge on any atom is -0.331 e. The lowest BCUT2D eigenvalue weighted by Gasteiger charge is -2.06. The van der Waals surface area contributed by atoms with E-state index in [1.807, 2.05) is 13.0 Å². The van der Waals surface area contributed by atoms with Gasteiger partial charge in [-0.25, -0.2) is 4.98 Å². The highest BCUT2D eigenvalue weighted by Crippen LogP contribution is 2.27. The molecule has 0 bridgehead atoms. The minimum absolute atomic E-state index is 1.04. The van der Waals surface area contributed by atoms with E-state index >= 15 is 0 Å². The molecule has 4 aromatic rings. The van der Waals surface area contributed by atoms with Gasteiger partial charge in [0, 0.05) is 7.05 Å². The maximum absolute atomic E-state index is 4.56. The van der Waals surface area contributed by atoms with Crippen LogP contribution >= 0.6 is 0 Å². The maximum Gasteiger partial charge on any atom is 0.106 e. The van der Waals surface area contributed by atoms with E-state index in [1.54, 1.807) is 0 Å². The van der Waals surface area contributed by atoms with Crippen molar-refractivity contribution in [3.8, 4) is 22.3 Å². The van der Waals surface area contributed by atoms with Crippen molar-refractivity contribution in [2.45, 2.75) is 6.92 Å². The van der Waals surface area contributed by atoms with Crippen LogP contribution in [0.3, 0.4) is 0 Å². The lowest BCUT2D eigenvalue weighted by Crippen LogP contribution is -1.90. The summed E-state index contributed by atoms with van der Waals surface area (Å²) >= 11 is 0. The molecule has 0 unspecified atom stereocenters. The van der Waals surface area contributed by atoms with E-state index in [9.17, 15) is 0 Å². The number of fused-ring (bicyclic) bond motifs is 1. The lowest BCUT2D eigenvalue weighted by atomic mass is 10.00. The van der Waals surface area contributed by atoms with Crippen LogP contribution in [0.4, 0.5) is 0 Å². The van der Waals surface area contributed by atoms with Gasteiger partial charge >= 0.3 is 0 Å². The molecule has 0 fully saturated rings. The summed E-state index contributed by atoms with van der Waals surface area (Å²) in [5.74, 6) is 1.04. The quantitative estimate of drug-likeness (QED) is 0.496. The Morgan fingerprint density at radius 2 is 1.26 bits per heavy atom. The van der Waals surface area contributed by atoms with Crippen molar-refractivity contribution >= 4 is 11.0 Å². The normalized spacial score (nSPS) is 11.0. The molecule has 3 aromatic carbocycles. The summed E-state index contributed by atoms with van der Waals surface area (Å²) in [4.78, 5) is 4.56. The third-order valence-corrected chi connectivity index (χ3v) is 4.43. The fraction of sp³-hybridized carbons (Fsp3) is 0.0952. The maximum atomic E-state index is 4.56. The van der Waals surface area contributed by atoms with Crippen LogP contribution in [-0.4, -0.2) is 9.55 Å². The molecule has 0 spiro atoms. The summed E-state index contributed by atoms with van der Waals surface area (Å²) in [6.45, 7) is 2.04. The molecule has 0 saturated heterocycles. The van der Waals surface area contributed by atoms with E-state index in [4.69, 9.17) is 0 Å². The number of aromatic nitrogens is 2. The van der Waals surface area contributed by atoms with Gasteiger partial charge in [0.1, 0.15) is 5.82 Å². The van der Waals surface area contributed by atoms with Crippen molar-refractivity contribution in [3.63, 3.8) is 0 Å². The monoisotopic (exact) mass is 298 g/mol. The van der Waals surface area contributed by atoms with Crippen LogP contribution in [0, 0.1) is 6.92 Å². The number of hydrogen-bond acceptors (Lipinski definition) is 1. The molecule has 4 rings (SSSR count). The Kier molecular flexibility index (Phi) is 3.23. The summed E-state index contributed by atoms with van der Waals surface area (Å²) in [6, 6.07) is 25.7. The van der Waals surface area contributed by atoms with Crippen LogP contribution in [0.2, 0.25) is 0 Å². The molecular formula is C21H18N2. The lowest BCUT2D eigenvalue weighted by molar-refractivity contribution is 0.886. The van der Waals surface area contributed by atoms with Crippen LogP contribution < -0.4 is 0 Å². The zero-order chi connectivity index (χ0) is 15.8. The van der Waals surface area contributed by atoms with Crippen LogP contribution in [0.5, 0.6) is 0 Å². The Morgan fingerprint density at radius 1 is 0.696 bits per heavy atom. The Balaban J connectivity index is 1.74. The zero-order valence-electron chi connectivity index (χ0n) is 13.3. The Hall–Kier alpha value is -2.87. The number of aryl methyl sites for hydroxylation is 2. The topological polar surface area (TPSA) is 17.8 Å². The molecule has 2 heteroatoms. The molecule has 0 radical (unpaired) electrons. The zero-order valence-corrected chi connectivity index (χ0v) is 13.3. The Bertz CT molecular complexity index is 964. The van der Waals surface area contributed by atoms with Crippen molar-refractivity contribution in [1.29, 1.82) is 0 Å². The SMILES string of the molecule is Cc1nc2ccc(-c3ccc(-c4ccccc4)cc3)cc2n1C. The van der Waals surface area contributed by atoms with Gasteiger partial charge < -0.3 is 4.57 Å². The van der Waals surface area contributed by atoms with Gasteiger partial charge in [0.15, 0.2) is 0 Å². The average Bonchev–Trinajstić information content (AvgIpc) is 2.90. The summed E-state index contributed by atoms with van der Waals surface area (Å²) in [5, 5.41) is 0.